The number of rotatable bonds is 4. The predicted octanol–water partition coefficient (Wildman–Crippen LogP) is 0.375. The third-order valence-corrected chi connectivity index (χ3v) is 2.09. The Morgan fingerprint density at radius 2 is 2.31 bits per heavy atom. The summed E-state index contributed by atoms with van der Waals surface area (Å²) in [6.45, 7) is 0.267. The first-order valence-electron chi connectivity index (χ1n) is 4.73. The number of aryl methyl sites for hydroxylation is 1. The number of aromatic nitrogens is 2. The fourth-order valence-corrected chi connectivity index (χ4v) is 1.22. The molecule has 0 aliphatic rings. The number of hydrogen-bond donors (Lipinski definition) is 2. The van der Waals surface area contributed by atoms with Crippen molar-refractivity contribution in [2.45, 2.75) is 13.0 Å². The van der Waals surface area contributed by atoms with Crippen LogP contribution in [0.2, 0.25) is 0 Å². The standard InChI is InChI=1S/C9H13ClN4O2/c1-14-5-4-11-7(14)6-12-9(16)13-8(15)2-3-10/h4-5H,2-3,6H2,1H3,(H2,12,13,15,16). The molecule has 1 rings (SSSR count). The summed E-state index contributed by atoms with van der Waals surface area (Å²) in [6, 6.07) is -0.543. The lowest BCUT2D eigenvalue weighted by molar-refractivity contribution is -0.119. The zero-order valence-electron chi connectivity index (χ0n) is 8.86. The highest BCUT2D eigenvalue weighted by molar-refractivity contribution is 6.19. The molecular formula is C9H13ClN4O2. The molecule has 0 radical (unpaired) electrons. The molecule has 0 saturated carbocycles. The molecule has 16 heavy (non-hydrogen) atoms. The molecule has 0 aromatic carbocycles. The molecule has 0 aliphatic carbocycles. The average molecular weight is 245 g/mol. The van der Waals surface area contributed by atoms with E-state index < -0.39 is 11.9 Å². The molecular weight excluding hydrogens is 232 g/mol. The second-order valence-electron chi connectivity index (χ2n) is 3.12. The molecule has 0 bridgehead atoms. The Balaban J connectivity index is 2.31. The number of halogens is 1. The van der Waals surface area contributed by atoms with Gasteiger partial charge in [0.25, 0.3) is 0 Å². The van der Waals surface area contributed by atoms with Gasteiger partial charge in [0.15, 0.2) is 0 Å². The topological polar surface area (TPSA) is 76.0 Å². The molecule has 1 aromatic heterocycles. The van der Waals surface area contributed by atoms with Gasteiger partial charge in [0.05, 0.1) is 6.54 Å². The van der Waals surface area contributed by atoms with Gasteiger partial charge in [-0.2, -0.15) is 0 Å². The van der Waals surface area contributed by atoms with Crippen molar-refractivity contribution in [1.82, 2.24) is 20.2 Å². The number of carbonyl (C=O) groups excluding carboxylic acids is 2. The van der Waals surface area contributed by atoms with Crippen LogP contribution in [-0.2, 0) is 18.4 Å². The summed E-state index contributed by atoms with van der Waals surface area (Å²) in [6.07, 6.45) is 3.53. The van der Waals surface area contributed by atoms with Crippen LogP contribution in [0.3, 0.4) is 0 Å². The molecule has 0 fully saturated rings. The Kier molecular flexibility index (Phi) is 4.78. The lowest BCUT2D eigenvalue weighted by Gasteiger charge is -2.05. The fraction of sp³-hybridized carbons (Fsp3) is 0.444. The van der Waals surface area contributed by atoms with E-state index in [0.29, 0.717) is 5.82 Å². The Bertz CT molecular complexity index is 377. The van der Waals surface area contributed by atoms with E-state index in [1.165, 1.54) is 0 Å². The van der Waals surface area contributed by atoms with E-state index in [-0.39, 0.29) is 18.8 Å². The number of carbonyl (C=O) groups is 2. The maximum Gasteiger partial charge on any atom is 0.321 e. The third kappa shape index (κ3) is 3.90. The van der Waals surface area contributed by atoms with Crippen molar-refractivity contribution in [1.29, 1.82) is 0 Å². The Hall–Kier alpha value is -1.56. The number of imide groups is 1. The van der Waals surface area contributed by atoms with Crippen LogP contribution < -0.4 is 10.6 Å². The summed E-state index contributed by atoms with van der Waals surface area (Å²) >= 11 is 5.35. The summed E-state index contributed by atoms with van der Waals surface area (Å²) in [7, 11) is 1.82. The van der Waals surface area contributed by atoms with Crippen molar-refractivity contribution in [3.63, 3.8) is 0 Å². The molecule has 0 saturated heterocycles. The van der Waals surface area contributed by atoms with E-state index >= 15 is 0 Å². The highest BCUT2D eigenvalue weighted by Gasteiger charge is 2.07. The number of urea groups is 1. The Labute approximate surface area is 98.0 Å². The van der Waals surface area contributed by atoms with E-state index in [1.54, 1.807) is 17.0 Å². The maximum atomic E-state index is 11.2. The van der Waals surface area contributed by atoms with E-state index in [9.17, 15) is 9.59 Å². The fourth-order valence-electron chi connectivity index (χ4n) is 1.05. The van der Waals surface area contributed by atoms with E-state index in [1.807, 2.05) is 7.05 Å². The van der Waals surface area contributed by atoms with Crippen LogP contribution in [-0.4, -0.2) is 27.4 Å². The van der Waals surface area contributed by atoms with Gasteiger partial charge in [0.2, 0.25) is 5.91 Å². The number of nitrogens with zero attached hydrogens (tertiary/aromatic N) is 2. The first-order chi connectivity index (χ1) is 7.63. The first kappa shape index (κ1) is 12.5. The smallest absolute Gasteiger partial charge is 0.321 e. The first-order valence-corrected chi connectivity index (χ1v) is 5.26. The monoisotopic (exact) mass is 244 g/mol. The highest BCUT2D eigenvalue weighted by atomic mass is 35.5. The van der Waals surface area contributed by atoms with Crippen LogP contribution in [0.1, 0.15) is 12.2 Å². The van der Waals surface area contributed by atoms with Gasteiger partial charge in [-0.25, -0.2) is 9.78 Å². The van der Waals surface area contributed by atoms with E-state index in [4.69, 9.17) is 11.6 Å². The number of amides is 3. The summed E-state index contributed by atoms with van der Waals surface area (Å²) in [5.74, 6) is 0.505. The van der Waals surface area contributed by atoms with Crippen LogP contribution in [0.4, 0.5) is 4.79 Å². The molecule has 88 valence electrons. The van der Waals surface area contributed by atoms with Gasteiger partial charge >= 0.3 is 6.03 Å². The van der Waals surface area contributed by atoms with Crippen LogP contribution in [0.15, 0.2) is 12.4 Å². The second kappa shape index (κ2) is 6.12. The van der Waals surface area contributed by atoms with Gasteiger partial charge in [-0.1, -0.05) is 0 Å². The van der Waals surface area contributed by atoms with Crippen molar-refractivity contribution in [3.8, 4) is 0 Å². The zero-order valence-corrected chi connectivity index (χ0v) is 9.62. The van der Waals surface area contributed by atoms with Crippen LogP contribution in [0.5, 0.6) is 0 Å². The minimum Gasteiger partial charge on any atom is -0.337 e. The van der Waals surface area contributed by atoms with Gasteiger partial charge in [0, 0.05) is 31.7 Å². The number of imidazole rings is 1. The molecule has 6 nitrogen and oxygen atoms in total. The average Bonchev–Trinajstić information content (AvgIpc) is 2.61. The largest absolute Gasteiger partial charge is 0.337 e. The normalized spacial score (nSPS) is 9.88. The molecule has 1 heterocycles. The summed E-state index contributed by atoms with van der Waals surface area (Å²) in [5, 5.41) is 4.67. The van der Waals surface area contributed by atoms with Gasteiger partial charge < -0.3 is 9.88 Å². The van der Waals surface area contributed by atoms with Crippen molar-refractivity contribution < 1.29 is 9.59 Å². The summed E-state index contributed by atoms with van der Waals surface area (Å²) in [5.41, 5.74) is 0. The minimum absolute atomic E-state index is 0.122. The second-order valence-corrected chi connectivity index (χ2v) is 3.50. The summed E-state index contributed by atoms with van der Waals surface area (Å²) < 4.78 is 1.78. The number of alkyl halides is 1. The zero-order chi connectivity index (χ0) is 12.0. The lowest BCUT2D eigenvalue weighted by Crippen LogP contribution is -2.39. The lowest BCUT2D eigenvalue weighted by atomic mass is 10.4. The van der Waals surface area contributed by atoms with Gasteiger partial charge in [0.1, 0.15) is 5.82 Å². The van der Waals surface area contributed by atoms with E-state index in [2.05, 4.69) is 15.6 Å². The van der Waals surface area contributed by atoms with Crippen LogP contribution in [0, 0.1) is 0 Å². The molecule has 3 amide bonds. The molecule has 0 unspecified atom stereocenters. The quantitative estimate of drug-likeness (QED) is 0.752. The third-order valence-electron chi connectivity index (χ3n) is 1.90. The van der Waals surface area contributed by atoms with Crippen molar-refractivity contribution in [2.75, 3.05) is 5.88 Å². The van der Waals surface area contributed by atoms with Crippen LogP contribution >= 0.6 is 11.6 Å². The van der Waals surface area contributed by atoms with Gasteiger partial charge in [-0.3, -0.25) is 10.1 Å². The maximum absolute atomic E-state index is 11.2. The SMILES string of the molecule is Cn1ccnc1CNC(=O)NC(=O)CCCl. The van der Waals surface area contributed by atoms with Crippen molar-refractivity contribution in [2.24, 2.45) is 7.05 Å². The van der Waals surface area contributed by atoms with Crippen molar-refractivity contribution in [3.05, 3.63) is 18.2 Å². The molecule has 1 aromatic rings. The molecule has 0 spiro atoms. The van der Waals surface area contributed by atoms with E-state index in [0.717, 1.165) is 0 Å². The predicted molar refractivity (Wildman–Crippen MR) is 58.9 cm³/mol. The van der Waals surface area contributed by atoms with Crippen LogP contribution in [0.25, 0.3) is 0 Å². The molecule has 0 atom stereocenters. The number of nitrogens with one attached hydrogen (secondary N) is 2. The van der Waals surface area contributed by atoms with Gasteiger partial charge in [-0.15, -0.1) is 11.6 Å². The Morgan fingerprint density at radius 3 is 2.88 bits per heavy atom. The molecule has 7 heteroatoms. The minimum atomic E-state index is -0.543. The van der Waals surface area contributed by atoms with Crippen molar-refractivity contribution >= 4 is 23.5 Å². The summed E-state index contributed by atoms with van der Waals surface area (Å²) in [4.78, 5) is 26.2. The Morgan fingerprint density at radius 1 is 1.56 bits per heavy atom. The molecule has 0 aliphatic heterocycles. The highest BCUT2D eigenvalue weighted by Crippen LogP contribution is 1.92. The van der Waals surface area contributed by atoms with Gasteiger partial charge in [-0.05, 0) is 0 Å². The number of hydrogen-bond acceptors (Lipinski definition) is 3. The molecule has 2 N–H and O–H groups in total.